The maximum atomic E-state index is 11.6. The summed E-state index contributed by atoms with van der Waals surface area (Å²) in [4.78, 5) is 16.8. The molecule has 0 unspecified atom stereocenters. The number of methoxy groups -OCH3 is 1. The van der Waals surface area contributed by atoms with Crippen LogP contribution in [0.25, 0.3) is 22.0 Å². The number of nitrogens with zero attached hydrogens (tertiary/aromatic N) is 3. The summed E-state index contributed by atoms with van der Waals surface area (Å²) in [7, 11) is 1.34. The maximum Gasteiger partial charge on any atom is 0.357 e. The van der Waals surface area contributed by atoms with Gasteiger partial charge >= 0.3 is 5.97 Å². The molecule has 0 radical (unpaired) electrons. The van der Waals surface area contributed by atoms with Crippen LogP contribution in [0.3, 0.4) is 0 Å². The lowest BCUT2D eigenvalue weighted by molar-refractivity contribution is 0.0594. The van der Waals surface area contributed by atoms with Gasteiger partial charge in [0.2, 0.25) is 0 Å². The van der Waals surface area contributed by atoms with E-state index in [9.17, 15) is 4.79 Å². The number of benzene rings is 2. The molecule has 6 nitrogen and oxygen atoms in total. The van der Waals surface area contributed by atoms with E-state index >= 15 is 0 Å². The summed E-state index contributed by atoms with van der Waals surface area (Å²) in [6.07, 6.45) is 0. The number of carbonyl (C=O) groups is 1. The van der Waals surface area contributed by atoms with E-state index in [-0.39, 0.29) is 6.61 Å². The van der Waals surface area contributed by atoms with Crippen LogP contribution in [0.15, 0.2) is 41.8 Å². The van der Waals surface area contributed by atoms with Gasteiger partial charge in [0.15, 0.2) is 5.69 Å². The molecule has 0 saturated carbocycles. The summed E-state index contributed by atoms with van der Waals surface area (Å²) < 4.78 is 14.8. The zero-order chi connectivity index (χ0) is 18.8. The highest BCUT2D eigenvalue weighted by Crippen LogP contribution is 2.38. The molecular formula is C19H15N3O3S2. The average molecular weight is 397 g/mol. The van der Waals surface area contributed by atoms with Crippen LogP contribution in [-0.2, 0) is 11.3 Å². The van der Waals surface area contributed by atoms with Gasteiger partial charge in [-0.15, -0.1) is 16.4 Å². The number of carbonyl (C=O) groups excluding carboxylic acids is 1. The molecule has 0 amide bonds. The minimum absolute atomic E-state index is 0.254. The highest BCUT2D eigenvalue weighted by molar-refractivity contribution is 7.09. The second kappa shape index (κ2) is 7.42. The van der Waals surface area contributed by atoms with E-state index in [4.69, 9.17) is 9.47 Å². The molecule has 0 spiro atoms. The molecule has 0 atom stereocenters. The van der Waals surface area contributed by atoms with E-state index < -0.39 is 5.97 Å². The van der Waals surface area contributed by atoms with Gasteiger partial charge in [0.05, 0.1) is 17.6 Å². The first-order valence-corrected chi connectivity index (χ1v) is 9.79. The van der Waals surface area contributed by atoms with E-state index in [1.165, 1.54) is 30.0 Å². The van der Waals surface area contributed by atoms with Crippen LogP contribution in [0.4, 0.5) is 0 Å². The molecule has 27 heavy (non-hydrogen) atoms. The number of thiazole rings is 1. The molecule has 8 heteroatoms. The second-order valence-electron chi connectivity index (χ2n) is 5.74. The third kappa shape index (κ3) is 3.41. The van der Waals surface area contributed by atoms with Crippen LogP contribution in [0.2, 0.25) is 0 Å². The summed E-state index contributed by atoms with van der Waals surface area (Å²) in [5, 5.41) is 8.83. The first-order chi connectivity index (χ1) is 13.2. The molecule has 0 saturated heterocycles. The second-order valence-corrected chi connectivity index (χ2v) is 7.65. The fraction of sp³-hybridized carbons (Fsp3) is 0.158. The molecule has 136 valence electrons. The standard InChI is InChI=1S/C19H15N3O3S2/c1-11-18(21-22-27-11)17-13-6-4-3-5-12(13)7-8-15(17)25-9-16-20-14(10-26-16)19(23)24-2/h3-8,10H,9H2,1-2H3. The van der Waals surface area contributed by atoms with Crippen LogP contribution < -0.4 is 4.74 Å². The third-order valence-electron chi connectivity index (χ3n) is 4.08. The van der Waals surface area contributed by atoms with Crippen LogP contribution in [-0.4, -0.2) is 27.7 Å². The summed E-state index contributed by atoms with van der Waals surface area (Å²) >= 11 is 2.72. The number of fused-ring (bicyclic) bond motifs is 1. The summed E-state index contributed by atoms with van der Waals surface area (Å²) in [6, 6.07) is 12.1. The first kappa shape index (κ1) is 17.6. The largest absolute Gasteiger partial charge is 0.486 e. The van der Waals surface area contributed by atoms with E-state index in [2.05, 4.69) is 26.7 Å². The highest BCUT2D eigenvalue weighted by atomic mass is 32.1. The molecule has 4 aromatic rings. The summed E-state index contributed by atoms with van der Waals surface area (Å²) in [5.41, 5.74) is 2.03. The predicted molar refractivity (Wildman–Crippen MR) is 105 cm³/mol. The van der Waals surface area contributed by atoms with Crippen molar-refractivity contribution in [3.63, 3.8) is 0 Å². The van der Waals surface area contributed by atoms with Gasteiger partial charge < -0.3 is 9.47 Å². The van der Waals surface area contributed by atoms with Crippen molar-refractivity contribution in [1.82, 2.24) is 14.6 Å². The minimum atomic E-state index is -0.451. The first-order valence-electron chi connectivity index (χ1n) is 8.14. The van der Waals surface area contributed by atoms with Gasteiger partial charge in [0.1, 0.15) is 23.1 Å². The minimum Gasteiger partial charge on any atom is -0.486 e. The Morgan fingerprint density at radius 3 is 2.81 bits per heavy atom. The van der Waals surface area contributed by atoms with Crippen molar-refractivity contribution >= 4 is 39.6 Å². The van der Waals surface area contributed by atoms with E-state index in [0.717, 1.165) is 26.9 Å². The van der Waals surface area contributed by atoms with Crippen molar-refractivity contribution in [2.75, 3.05) is 7.11 Å². The number of aryl methyl sites for hydroxylation is 1. The van der Waals surface area contributed by atoms with Gasteiger partial charge in [-0.1, -0.05) is 34.8 Å². The molecule has 0 N–H and O–H groups in total. The van der Waals surface area contributed by atoms with E-state index in [1.54, 1.807) is 5.38 Å². The molecule has 2 aromatic heterocycles. The Labute approximate surface area is 163 Å². The van der Waals surface area contributed by atoms with Crippen molar-refractivity contribution in [3.8, 4) is 17.0 Å². The molecule has 2 heterocycles. The van der Waals surface area contributed by atoms with Gasteiger partial charge in [-0.2, -0.15) is 0 Å². The zero-order valence-corrected chi connectivity index (χ0v) is 16.3. The molecule has 0 bridgehead atoms. The van der Waals surface area contributed by atoms with Gasteiger partial charge in [-0.3, -0.25) is 0 Å². The lowest BCUT2D eigenvalue weighted by atomic mass is 10.0. The Balaban J connectivity index is 1.70. The maximum absolute atomic E-state index is 11.6. The third-order valence-corrected chi connectivity index (χ3v) is 5.53. The molecule has 0 aliphatic carbocycles. The van der Waals surface area contributed by atoms with Crippen molar-refractivity contribution in [2.24, 2.45) is 0 Å². The smallest absolute Gasteiger partial charge is 0.357 e. The Kier molecular flexibility index (Phi) is 4.83. The van der Waals surface area contributed by atoms with Crippen LogP contribution in [0, 0.1) is 6.92 Å². The molecule has 0 fully saturated rings. The topological polar surface area (TPSA) is 74.2 Å². The number of hydrogen-bond acceptors (Lipinski definition) is 8. The van der Waals surface area contributed by atoms with Crippen LogP contribution in [0.5, 0.6) is 5.75 Å². The van der Waals surface area contributed by atoms with Crippen molar-refractivity contribution in [3.05, 3.63) is 57.4 Å². The Morgan fingerprint density at radius 2 is 2.04 bits per heavy atom. The Bertz CT molecular complexity index is 1120. The van der Waals surface area contributed by atoms with Crippen LogP contribution in [0.1, 0.15) is 20.4 Å². The number of hydrogen-bond donors (Lipinski definition) is 0. The lowest BCUT2D eigenvalue weighted by Gasteiger charge is -2.12. The Hall–Kier alpha value is -2.84. The fourth-order valence-corrected chi connectivity index (χ4v) is 3.94. The Morgan fingerprint density at radius 1 is 1.19 bits per heavy atom. The zero-order valence-electron chi connectivity index (χ0n) is 14.6. The number of aromatic nitrogens is 3. The fourth-order valence-electron chi connectivity index (χ4n) is 2.79. The van der Waals surface area contributed by atoms with Crippen molar-refractivity contribution in [1.29, 1.82) is 0 Å². The lowest BCUT2D eigenvalue weighted by Crippen LogP contribution is -2.03. The van der Waals surface area contributed by atoms with E-state index in [0.29, 0.717) is 16.5 Å². The number of rotatable bonds is 5. The average Bonchev–Trinajstić information content (AvgIpc) is 3.34. The molecule has 0 aliphatic rings. The molecular weight excluding hydrogens is 382 g/mol. The summed E-state index contributed by atoms with van der Waals surface area (Å²) in [6.45, 7) is 2.25. The predicted octanol–water partition coefficient (Wildman–Crippen LogP) is 4.49. The monoisotopic (exact) mass is 397 g/mol. The van der Waals surface area contributed by atoms with Gasteiger partial charge in [-0.05, 0) is 35.3 Å². The van der Waals surface area contributed by atoms with Gasteiger partial charge in [-0.25, -0.2) is 9.78 Å². The highest BCUT2D eigenvalue weighted by Gasteiger charge is 2.17. The quantitative estimate of drug-likeness (QED) is 0.462. The summed E-state index contributed by atoms with van der Waals surface area (Å²) in [5.74, 6) is 0.257. The normalized spacial score (nSPS) is 10.9. The van der Waals surface area contributed by atoms with E-state index in [1.807, 2.05) is 31.2 Å². The van der Waals surface area contributed by atoms with Crippen molar-refractivity contribution in [2.45, 2.75) is 13.5 Å². The SMILES string of the molecule is COC(=O)c1csc(COc2ccc3ccccc3c2-c2nnsc2C)n1. The van der Waals surface area contributed by atoms with Gasteiger partial charge in [0, 0.05) is 5.38 Å². The number of ether oxygens (including phenoxy) is 2. The van der Waals surface area contributed by atoms with Crippen LogP contribution >= 0.6 is 22.9 Å². The van der Waals surface area contributed by atoms with Crippen molar-refractivity contribution < 1.29 is 14.3 Å². The molecule has 2 aromatic carbocycles. The van der Waals surface area contributed by atoms with Gasteiger partial charge in [0.25, 0.3) is 0 Å². The number of esters is 1. The molecule has 4 rings (SSSR count). The molecule has 0 aliphatic heterocycles.